The van der Waals surface area contributed by atoms with E-state index in [0.29, 0.717) is 12.6 Å². The van der Waals surface area contributed by atoms with Gasteiger partial charge in [-0.25, -0.2) is 4.39 Å². The van der Waals surface area contributed by atoms with Crippen LogP contribution >= 0.6 is 15.9 Å². The van der Waals surface area contributed by atoms with Crippen molar-refractivity contribution in [2.45, 2.75) is 38.1 Å². The highest BCUT2D eigenvalue weighted by atomic mass is 79.9. The molecule has 1 aliphatic carbocycles. The molecule has 0 saturated heterocycles. The third-order valence-electron chi connectivity index (χ3n) is 2.83. The molecule has 1 nitrogen and oxygen atoms in total. The second-order valence-electron chi connectivity index (χ2n) is 3.71. The quantitative estimate of drug-likeness (QED) is 0.680. The third kappa shape index (κ3) is 3.94. The van der Waals surface area contributed by atoms with Gasteiger partial charge in [-0.15, -0.1) is 0 Å². The van der Waals surface area contributed by atoms with Crippen LogP contribution in [0, 0.1) is 0 Å². The first-order chi connectivity index (χ1) is 6.38. The monoisotopic (exact) mass is 251 g/mol. The van der Waals surface area contributed by atoms with Crippen LogP contribution < -0.4 is 0 Å². The third-order valence-corrected chi connectivity index (χ3v) is 3.19. The zero-order valence-corrected chi connectivity index (χ0v) is 9.73. The molecule has 78 valence electrons. The smallest absolute Gasteiger partial charge is 0.102 e. The lowest BCUT2D eigenvalue weighted by atomic mass is 9.94. The van der Waals surface area contributed by atoms with E-state index in [9.17, 15) is 4.39 Å². The largest absolute Gasteiger partial charge is 0.297 e. The summed E-state index contributed by atoms with van der Waals surface area (Å²) in [5.74, 6) is 0. The van der Waals surface area contributed by atoms with Crippen LogP contribution in [-0.2, 0) is 0 Å². The van der Waals surface area contributed by atoms with E-state index in [-0.39, 0.29) is 6.67 Å². The van der Waals surface area contributed by atoms with Gasteiger partial charge in [0.15, 0.2) is 0 Å². The zero-order valence-electron chi connectivity index (χ0n) is 8.14. The van der Waals surface area contributed by atoms with Crippen LogP contribution in [0.3, 0.4) is 0 Å². The molecule has 0 N–H and O–H groups in total. The molecule has 0 unspecified atom stereocenters. The Hall–Kier alpha value is 0.370. The van der Waals surface area contributed by atoms with E-state index in [2.05, 4.69) is 20.8 Å². The van der Waals surface area contributed by atoms with Crippen LogP contribution in [0.4, 0.5) is 4.39 Å². The van der Waals surface area contributed by atoms with Crippen molar-refractivity contribution in [2.24, 2.45) is 0 Å². The number of hydrogen-bond acceptors (Lipinski definition) is 1. The van der Waals surface area contributed by atoms with Crippen molar-refractivity contribution in [1.82, 2.24) is 4.90 Å². The standard InChI is InChI=1S/C10H19BrFN/c11-6-8-13(9-7-12)10-4-2-1-3-5-10/h10H,1-9H2. The highest BCUT2D eigenvalue weighted by Gasteiger charge is 2.19. The predicted octanol–water partition coefficient (Wildman–Crippen LogP) is 2.99. The van der Waals surface area contributed by atoms with Crippen molar-refractivity contribution in [1.29, 1.82) is 0 Å². The highest BCUT2D eigenvalue weighted by molar-refractivity contribution is 9.09. The van der Waals surface area contributed by atoms with E-state index >= 15 is 0 Å². The minimum absolute atomic E-state index is 0.205. The average molecular weight is 252 g/mol. The molecule has 1 saturated carbocycles. The Balaban J connectivity index is 2.32. The van der Waals surface area contributed by atoms with Crippen molar-refractivity contribution < 1.29 is 4.39 Å². The van der Waals surface area contributed by atoms with Crippen LogP contribution in [0.5, 0.6) is 0 Å². The summed E-state index contributed by atoms with van der Waals surface area (Å²) in [6.45, 7) is 1.41. The topological polar surface area (TPSA) is 3.24 Å². The first kappa shape index (κ1) is 11.4. The SMILES string of the molecule is FCCN(CCBr)C1CCCCC1. The predicted molar refractivity (Wildman–Crippen MR) is 58.2 cm³/mol. The fraction of sp³-hybridized carbons (Fsp3) is 1.00. The molecule has 0 aromatic heterocycles. The summed E-state index contributed by atoms with van der Waals surface area (Å²) in [4.78, 5) is 2.30. The molecule has 0 heterocycles. The minimum atomic E-state index is -0.205. The van der Waals surface area contributed by atoms with E-state index in [0.717, 1.165) is 11.9 Å². The van der Waals surface area contributed by atoms with Gasteiger partial charge in [0.05, 0.1) is 0 Å². The van der Waals surface area contributed by atoms with E-state index < -0.39 is 0 Å². The molecule has 0 aromatic rings. The van der Waals surface area contributed by atoms with Gasteiger partial charge < -0.3 is 0 Å². The Kier molecular flexibility index (Phi) is 5.96. The lowest BCUT2D eigenvalue weighted by molar-refractivity contribution is 0.154. The van der Waals surface area contributed by atoms with Gasteiger partial charge in [-0.1, -0.05) is 35.2 Å². The van der Waals surface area contributed by atoms with Gasteiger partial charge in [0.1, 0.15) is 6.67 Å². The average Bonchev–Trinajstić information content (AvgIpc) is 2.19. The normalized spacial score (nSPS) is 19.6. The summed E-state index contributed by atoms with van der Waals surface area (Å²) in [6, 6.07) is 0.655. The second-order valence-corrected chi connectivity index (χ2v) is 4.50. The maximum absolute atomic E-state index is 12.3. The molecule has 1 aliphatic rings. The number of nitrogens with zero attached hydrogens (tertiary/aromatic N) is 1. The molecule has 0 aliphatic heterocycles. The van der Waals surface area contributed by atoms with Gasteiger partial charge in [-0.05, 0) is 12.8 Å². The number of rotatable bonds is 5. The minimum Gasteiger partial charge on any atom is -0.297 e. The van der Waals surface area contributed by atoms with Gasteiger partial charge in [0.2, 0.25) is 0 Å². The lowest BCUT2D eigenvalue weighted by Crippen LogP contribution is -2.39. The molecular formula is C10H19BrFN. The Morgan fingerprint density at radius 2 is 1.85 bits per heavy atom. The molecule has 3 heteroatoms. The van der Waals surface area contributed by atoms with Crippen LogP contribution in [0.25, 0.3) is 0 Å². The Bertz CT molecular complexity index is 120. The Morgan fingerprint density at radius 3 is 2.38 bits per heavy atom. The number of halogens is 2. The van der Waals surface area contributed by atoms with Crippen LogP contribution in [0.15, 0.2) is 0 Å². The molecule has 1 rings (SSSR count). The molecule has 0 amide bonds. The highest BCUT2D eigenvalue weighted by Crippen LogP contribution is 2.22. The molecule has 0 atom stereocenters. The number of alkyl halides is 2. The van der Waals surface area contributed by atoms with Crippen LogP contribution in [-0.4, -0.2) is 36.0 Å². The first-order valence-electron chi connectivity index (χ1n) is 5.24. The summed E-state index contributed by atoms with van der Waals surface area (Å²) in [5, 5.41) is 0.962. The van der Waals surface area contributed by atoms with Crippen LogP contribution in [0.1, 0.15) is 32.1 Å². The van der Waals surface area contributed by atoms with Crippen LogP contribution in [0.2, 0.25) is 0 Å². The number of hydrogen-bond donors (Lipinski definition) is 0. The molecule has 13 heavy (non-hydrogen) atoms. The Labute approximate surface area is 88.8 Å². The summed E-state index contributed by atoms with van der Waals surface area (Å²) in [6.07, 6.45) is 6.57. The molecule has 0 bridgehead atoms. The lowest BCUT2D eigenvalue weighted by Gasteiger charge is -2.33. The molecule has 0 spiro atoms. The zero-order chi connectivity index (χ0) is 9.52. The summed E-state index contributed by atoms with van der Waals surface area (Å²) >= 11 is 3.42. The molecule has 0 aromatic carbocycles. The summed E-state index contributed by atoms with van der Waals surface area (Å²) in [5.41, 5.74) is 0. The van der Waals surface area contributed by atoms with Gasteiger partial charge >= 0.3 is 0 Å². The van der Waals surface area contributed by atoms with Crippen molar-refractivity contribution in [3.8, 4) is 0 Å². The fourth-order valence-electron chi connectivity index (χ4n) is 2.14. The Morgan fingerprint density at radius 1 is 1.15 bits per heavy atom. The molecule has 0 radical (unpaired) electrons. The van der Waals surface area contributed by atoms with E-state index in [4.69, 9.17) is 0 Å². The van der Waals surface area contributed by atoms with Crippen molar-refractivity contribution in [3.63, 3.8) is 0 Å². The van der Waals surface area contributed by atoms with Gasteiger partial charge in [-0.2, -0.15) is 0 Å². The fourth-order valence-corrected chi connectivity index (χ4v) is 2.60. The first-order valence-corrected chi connectivity index (χ1v) is 6.36. The van der Waals surface area contributed by atoms with Crippen molar-refractivity contribution >= 4 is 15.9 Å². The van der Waals surface area contributed by atoms with E-state index in [1.807, 2.05) is 0 Å². The van der Waals surface area contributed by atoms with Gasteiger partial charge in [-0.3, -0.25) is 4.90 Å². The van der Waals surface area contributed by atoms with E-state index in [1.165, 1.54) is 32.1 Å². The van der Waals surface area contributed by atoms with Crippen molar-refractivity contribution in [2.75, 3.05) is 25.1 Å². The maximum Gasteiger partial charge on any atom is 0.102 e. The van der Waals surface area contributed by atoms with Crippen molar-refractivity contribution in [3.05, 3.63) is 0 Å². The molecule has 1 fully saturated rings. The van der Waals surface area contributed by atoms with E-state index in [1.54, 1.807) is 0 Å². The summed E-state index contributed by atoms with van der Waals surface area (Å²) in [7, 11) is 0. The molecular weight excluding hydrogens is 233 g/mol. The maximum atomic E-state index is 12.3. The second kappa shape index (κ2) is 6.77. The van der Waals surface area contributed by atoms with Gasteiger partial charge in [0.25, 0.3) is 0 Å². The van der Waals surface area contributed by atoms with Gasteiger partial charge in [0, 0.05) is 24.5 Å². The summed E-state index contributed by atoms with van der Waals surface area (Å²) < 4.78 is 12.3.